The van der Waals surface area contributed by atoms with E-state index in [-0.39, 0.29) is 19.6 Å². The van der Waals surface area contributed by atoms with Crippen molar-refractivity contribution in [3.63, 3.8) is 0 Å². The summed E-state index contributed by atoms with van der Waals surface area (Å²) in [6.07, 6.45) is 3.39. The van der Waals surface area contributed by atoms with E-state index >= 15 is 0 Å². The molecular formula is C14H23N3O6. The fourth-order valence-corrected chi connectivity index (χ4v) is 1.71. The molecule has 0 saturated carbocycles. The van der Waals surface area contributed by atoms with E-state index in [0.717, 1.165) is 0 Å². The topological polar surface area (TPSA) is 112 Å². The molecule has 0 unspecified atom stereocenters. The number of nitrogens with zero attached hydrogens (tertiary/aromatic N) is 1. The van der Waals surface area contributed by atoms with Crippen molar-refractivity contribution in [2.45, 2.75) is 12.5 Å². The van der Waals surface area contributed by atoms with Crippen LogP contribution in [0.15, 0.2) is 12.5 Å². The third-order valence-corrected chi connectivity index (χ3v) is 2.83. The summed E-state index contributed by atoms with van der Waals surface area (Å²) in [5.41, 5.74) is 0.646. The predicted molar refractivity (Wildman–Crippen MR) is 79.8 cm³/mol. The maximum absolute atomic E-state index is 11.8. The molecule has 0 bridgehead atoms. The van der Waals surface area contributed by atoms with Crippen molar-refractivity contribution in [3.8, 4) is 0 Å². The number of methoxy groups -OCH3 is 2. The first-order chi connectivity index (χ1) is 11.2. The zero-order valence-electron chi connectivity index (χ0n) is 13.4. The molecule has 1 atom stereocenters. The van der Waals surface area contributed by atoms with Crippen LogP contribution in [0.25, 0.3) is 0 Å². The first kappa shape index (κ1) is 19.1. The lowest BCUT2D eigenvalue weighted by molar-refractivity contribution is -0.145. The second-order valence-corrected chi connectivity index (χ2v) is 4.57. The van der Waals surface area contributed by atoms with Crippen molar-refractivity contribution in [2.24, 2.45) is 0 Å². The molecule has 23 heavy (non-hydrogen) atoms. The Balaban J connectivity index is 2.26. The number of imidazole rings is 1. The normalized spacial score (nSPS) is 11.9. The van der Waals surface area contributed by atoms with E-state index < -0.39 is 17.9 Å². The van der Waals surface area contributed by atoms with E-state index in [9.17, 15) is 9.59 Å². The van der Waals surface area contributed by atoms with Crippen molar-refractivity contribution in [2.75, 3.05) is 47.3 Å². The summed E-state index contributed by atoms with van der Waals surface area (Å²) >= 11 is 0. The number of nitrogens with one attached hydrogen (secondary N) is 2. The van der Waals surface area contributed by atoms with Crippen LogP contribution in [-0.4, -0.2) is 75.1 Å². The van der Waals surface area contributed by atoms with Gasteiger partial charge in [-0.15, -0.1) is 0 Å². The minimum atomic E-state index is -0.808. The van der Waals surface area contributed by atoms with Gasteiger partial charge >= 0.3 is 5.97 Å². The molecular weight excluding hydrogens is 306 g/mol. The van der Waals surface area contributed by atoms with Gasteiger partial charge in [0.05, 0.1) is 45.6 Å². The second-order valence-electron chi connectivity index (χ2n) is 4.57. The molecule has 1 amide bonds. The smallest absolute Gasteiger partial charge is 0.328 e. The quantitative estimate of drug-likeness (QED) is 0.385. The SMILES string of the molecule is COCCOCCOCC(=O)N[C@@H](Cc1c[nH]cn1)C(=O)OC. The van der Waals surface area contributed by atoms with Gasteiger partial charge < -0.3 is 29.2 Å². The number of ether oxygens (including phenoxy) is 4. The molecule has 1 aromatic rings. The third-order valence-electron chi connectivity index (χ3n) is 2.83. The Hall–Kier alpha value is -1.97. The van der Waals surface area contributed by atoms with Gasteiger partial charge in [0.1, 0.15) is 12.6 Å². The number of aromatic amines is 1. The molecule has 130 valence electrons. The van der Waals surface area contributed by atoms with Crippen LogP contribution in [-0.2, 0) is 35.0 Å². The third kappa shape index (κ3) is 8.29. The van der Waals surface area contributed by atoms with E-state index in [4.69, 9.17) is 14.2 Å². The number of rotatable bonds is 12. The summed E-state index contributed by atoms with van der Waals surface area (Å²) in [7, 11) is 2.85. The summed E-state index contributed by atoms with van der Waals surface area (Å²) in [5, 5.41) is 2.56. The molecule has 0 aliphatic heterocycles. The van der Waals surface area contributed by atoms with Crippen LogP contribution in [0.4, 0.5) is 0 Å². The number of H-pyrrole nitrogens is 1. The van der Waals surface area contributed by atoms with Crippen molar-refractivity contribution in [1.82, 2.24) is 15.3 Å². The lowest BCUT2D eigenvalue weighted by Crippen LogP contribution is -2.44. The van der Waals surface area contributed by atoms with Crippen molar-refractivity contribution in [1.29, 1.82) is 0 Å². The number of carbonyl (C=O) groups excluding carboxylic acids is 2. The number of esters is 1. The molecule has 0 radical (unpaired) electrons. The van der Waals surface area contributed by atoms with Gasteiger partial charge in [0.15, 0.2) is 0 Å². The van der Waals surface area contributed by atoms with Gasteiger partial charge in [0.2, 0.25) is 5.91 Å². The maximum Gasteiger partial charge on any atom is 0.328 e. The Morgan fingerprint density at radius 1 is 1.22 bits per heavy atom. The number of hydrogen-bond acceptors (Lipinski definition) is 7. The molecule has 0 aliphatic carbocycles. The largest absolute Gasteiger partial charge is 0.467 e. The van der Waals surface area contributed by atoms with Crippen LogP contribution in [0.1, 0.15) is 5.69 Å². The first-order valence-corrected chi connectivity index (χ1v) is 7.16. The van der Waals surface area contributed by atoms with Gasteiger partial charge in [0.25, 0.3) is 0 Å². The van der Waals surface area contributed by atoms with Gasteiger partial charge in [-0.1, -0.05) is 0 Å². The van der Waals surface area contributed by atoms with Gasteiger partial charge in [-0.3, -0.25) is 4.79 Å². The average molecular weight is 329 g/mol. The molecule has 1 aromatic heterocycles. The molecule has 1 rings (SSSR count). The van der Waals surface area contributed by atoms with Crippen molar-refractivity contribution >= 4 is 11.9 Å². The standard InChI is InChI=1S/C14H23N3O6/c1-20-3-4-22-5-6-23-9-13(18)17-12(14(19)21-2)7-11-8-15-10-16-11/h8,10,12H,3-7,9H2,1-2H3,(H,15,16)(H,17,18)/t12-/m0/s1. The van der Waals surface area contributed by atoms with Crippen LogP contribution >= 0.6 is 0 Å². The molecule has 0 spiro atoms. The summed E-state index contributed by atoms with van der Waals surface area (Å²) in [5.74, 6) is -0.947. The van der Waals surface area contributed by atoms with Gasteiger partial charge in [-0.2, -0.15) is 0 Å². The van der Waals surface area contributed by atoms with Crippen molar-refractivity contribution in [3.05, 3.63) is 18.2 Å². The summed E-state index contributed by atoms with van der Waals surface area (Å²) in [6, 6.07) is -0.808. The molecule has 0 aromatic carbocycles. The lowest BCUT2D eigenvalue weighted by Gasteiger charge is -2.15. The summed E-state index contributed by atoms with van der Waals surface area (Å²) in [6.45, 7) is 1.46. The number of aromatic nitrogens is 2. The fraction of sp³-hybridized carbons (Fsp3) is 0.643. The summed E-state index contributed by atoms with van der Waals surface area (Å²) < 4.78 is 19.9. The Labute approximate surface area is 134 Å². The van der Waals surface area contributed by atoms with Crippen molar-refractivity contribution < 1.29 is 28.5 Å². The van der Waals surface area contributed by atoms with Gasteiger partial charge in [0, 0.05) is 19.7 Å². The lowest BCUT2D eigenvalue weighted by atomic mass is 10.1. The molecule has 0 fully saturated rings. The highest BCUT2D eigenvalue weighted by Crippen LogP contribution is 2.00. The molecule has 1 heterocycles. The van der Waals surface area contributed by atoms with Gasteiger partial charge in [-0.05, 0) is 0 Å². The number of amides is 1. The van der Waals surface area contributed by atoms with Crippen LogP contribution in [0.5, 0.6) is 0 Å². The minimum absolute atomic E-state index is 0.165. The average Bonchev–Trinajstić information content (AvgIpc) is 3.05. The highest BCUT2D eigenvalue weighted by atomic mass is 16.5. The van der Waals surface area contributed by atoms with E-state index in [0.29, 0.717) is 25.5 Å². The predicted octanol–water partition coefficient (Wildman–Crippen LogP) is -0.710. The van der Waals surface area contributed by atoms with Crippen LogP contribution < -0.4 is 5.32 Å². The zero-order valence-corrected chi connectivity index (χ0v) is 13.4. The molecule has 9 nitrogen and oxygen atoms in total. The van der Waals surface area contributed by atoms with Crippen LogP contribution in [0.2, 0.25) is 0 Å². The Bertz CT molecular complexity index is 451. The molecule has 0 saturated heterocycles. The van der Waals surface area contributed by atoms with Crippen LogP contribution in [0.3, 0.4) is 0 Å². The first-order valence-electron chi connectivity index (χ1n) is 7.16. The van der Waals surface area contributed by atoms with E-state index in [2.05, 4.69) is 20.0 Å². The highest BCUT2D eigenvalue weighted by Gasteiger charge is 2.22. The molecule has 0 aliphatic rings. The second kappa shape index (κ2) is 11.6. The molecule has 9 heteroatoms. The monoisotopic (exact) mass is 329 g/mol. The fourth-order valence-electron chi connectivity index (χ4n) is 1.71. The van der Waals surface area contributed by atoms with E-state index in [1.54, 1.807) is 13.3 Å². The Morgan fingerprint density at radius 2 is 1.96 bits per heavy atom. The number of carbonyl (C=O) groups is 2. The van der Waals surface area contributed by atoms with E-state index in [1.165, 1.54) is 13.4 Å². The summed E-state index contributed by atoms with van der Waals surface area (Å²) in [4.78, 5) is 30.3. The Kier molecular flexibility index (Phi) is 9.60. The Morgan fingerprint density at radius 3 is 2.61 bits per heavy atom. The van der Waals surface area contributed by atoms with Gasteiger partial charge in [-0.25, -0.2) is 9.78 Å². The van der Waals surface area contributed by atoms with E-state index in [1.807, 2.05) is 0 Å². The minimum Gasteiger partial charge on any atom is -0.467 e. The maximum atomic E-state index is 11.8. The number of hydrogen-bond donors (Lipinski definition) is 2. The zero-order chi connectivity index (χ0) is 16.9. The van der Waals surface area contributed by atoms with Crippen LogP contribution in [0, 0.1) is 0 Å². The molecule has 2 N–H and O–H groups in total. The highest BCUT2D eigenvalue weighted by molar-refractivity contribution is 5.85.